The molecule has 680 valence electrons. The number of alkyl halides is 1. The quantitative estimate of drug-likeness (QED) is 0.00667. The number of esters is 4. The van der Waals surface area contributed by atoms with Crippen molar-refractivity contribution in [3.8, 4) is 34.5 Å². The molecule has 0 fully saturated rings. The Hall–Kier alpha value is -14.4. The summed E-state index contributed by atoms with van der Waals surface area (Å²) in [5.41, 5.74) is 4.41. The molecule has 0 spiro atoms. The third kappa shape index (κ3) is 15.0. The van der Waals surface area contributed by atoms with E-state index in [9.17, 15) is 14.4 Å². The van der Waals surface area contributed by atoms with Crippen molar-refractivity contribution in [3.63, 3.8) is 0 Å². The number of imide groups is 3. The summed E-state index contributed by atoms with van der Waals surface area (Å²) in [6, 6.07) is 54.6. The Kier molecular flexibility index (Phi) is 24.2. The highest BCUT2D eigenvalue weighted by Gasteiger charge is 2.41. The van der Waals surface area contributed by atoms with Gasteiger partial charge < -0.3 is 37.9 Å². The number of halogens is 1. The first-order chi connectivity index (χ1) is 65.9. The van der Waals surface area contributed by atoms with Crippen molar-refractivity contribution >= 4 is 205 Å². The number of unbranched alkanes of at least 4 members (excludes halogenated alkanes) is 6. The van der Waals surface area contributed by atoms with Crippen LogP contribution in [0.3, 0.4) is 0 Å². The Labute approximate surface area is 785 Å². The van der Waals surface area contributed by atoms with Gasteiger partial charge in [-0.15, -0.1) is 0 Å². The van der Waals surface area contributed by atoms with E-state index < -0.39 is 59.3 Å². The van der Waals surface area contributed by atoms with E-state index in [4.69, 9.17) is 37.9 Å². The number of carbonyl (C=O) groups excluding carboxylic acids is 10. The van der Waals surface area contributed by atoms with E-state index in [-0.39, 0.29) is 98.0 Å². The molecule has 0 saturated heterocycles. The molecule has 0 radical (unpaired) electrons. The Balaban J connectivity index is 0.633. The Morgan fingerprint density at radius 2 is 0.541 bits per heavy atom. The second-order valence-corrected chi connectivity index (χ2v) is 36.1. The number of hydrogen-bond acceptors (Lipinski definition) is 18. The van der Waals surface area contributed by atoms with Crippen molar-refractivity contribution in [2.24, 2.45) is 0 Å². The average molecular weight is 1870 g/mol. The van der Waals surface area contributed by atoms with Crippen molar-refractivity contribution in [1.82, 2.24) is 14.7 Å². The molecule has 3 heterocycles. The third-order valence-corrected chi connectivity index (χ3v) is 27.6. The van der Waals surface area contributed by atoms with E-state index in [1.165, 1.54) is 14.7 Å². The van der Waals surface area contributed by atoms with E-state index in [1.54, 1.807) is 97.1 Å². The van der Waals surface area contributed by atoms with Crippen LogP contribution in [-0.4, -0.2) is 139 Å². The van der Waals surface area contributed by atoms with Gasteiger partial charge in [0.15, 0.2) is 0 Å². The van der Waals surface area contributed by atoms with Crippen LogP contribution in [-0.2, 0) is 31.8 Å². The van der Waals surface area contributed by atoms with E-state index in [1.807, 2.05) is 113 Å². The third-order valence-electron chi connectivity index (χ3n) is 27.0. The molecule has 22 heteroatoms. The fraction of sp³-hybridized carbons (Fsp3) is 0.274. The summed E-state index contributed by atoms with van der Waals surface area (Å²) in [6.45, 7) is 14.0. The Morgan fingerprint density at radius 3 is 0.911 bits per heavy atom. The van der Waals surface area contributed by atoms with Crippen LogP contribution in [0.4, 0.5) is 0 Å². The molecule has 3 aliphatic heterocycles. The summed E-state index contributed by atoms with van der Waals surface area (Å²) >= 11 is 3.51. The lowest BCUT2D eigenvalue weighted by atomic mass is 9.82. The first-order valence-electron chi connectivity index (χ1n) is 47.2. The maximum Gasteiger partial charge on any atom is 0.338 e. The van der Waals surface area contributed by atoms with Gasteiger partial charge in [0, 0.05) is 117 Å². The standard InChI is InChI=1S/C113H98BrN3O18/c1-7-13-54-128-86-46-44-72-68-30-38-78-94-76(36-28-66(90(68)94)70-32-41-82(100(86)92(70)72)111(125)131-57-16-10-4)105(119)116(107(78)121)52-48-62-20-24-64(25-21-62)134-88-60-84-96-80(104(118)115(109(84)123)51-19-50-114)40-34-74-99-89(61-85(113(127)133-59-18-12-6)97-81(110(124)130-56-15-9-3)43-35-75(103(97)99)98(88)102(74)96)135-65-26-22-63(23-27-65)49-53-117-106(120)77-37-29-67-71-33-42-83(112(126)132-58-17-11-5)101-87(129-55-14-8-2)47-45-73(93(71)101)69-31-39-79(108(117)122)95(77)91(67)69/h20-47,60-61H,7-19,48-59H2,1-6H3. The molecule has 0 aliphatic carbocycles. The molecular weight excluding hydrogens is 1770 g/mol. The summed E-state index contributed by atoms with van der Waals surface area (Å²) in [5, 5.41) is 16.0. The molecule has 0 saturated carbocycles. The number of rotatable bonds is 37. The molecule has 6 amide bonds. The van der Waals surface area contributed by atoms with E-state index in [0.29, 0.717) is 160 Å². The number of fused-ring (bicyclic) bond motifs is 6. The van der Waals surface area contributed by atoms with Crippen LogP contribution in [0, 0.1) is 0 Å². The van der Waals surface area contributed by atoms with Crippen LogP contribution in [0.15, 0.2) is 182 Å². The molecule has 17 aromatic rings. The topological polar surface area (TPSA) is 254 Å². The number of carbonyl (C=O) groups is 10. The highest BCUT2D eigenvalue weighted by atomic mass is 79.9. The Morgan fingerprint density at radius 1 is 0.252 bits per heavy atom. The molecule has 135 heavy (non-hydrogen) atoms. The smallest absolute Gasteiger partial charge is 0.338 e. The van der Waals surface area contributed by atoms with Gasteiger partial charge in [0.25, 0.3) is 35.4 Å². The van der Waals surface area contributed by atoms with E-state index >= 15 is 33.6 Å². The molecular formula is C113H98BrN3O18. The number of hydrogen-bond donors (Lipinski definition) is 0. The minimum Gasteiger partial charge on any atom is -0.493 e. The highest BCUT2D eigenvalue weighted by molar-refractivity contribution is 9.09. The number of benzene rings is 17. The van der Waals surface area contributed by atoms with Crippen LogP contribution in [0.5, 0.6) is 34.5 Å². The first-order valence-corrected chi connectivity index (χ1v) is 48.3. The average Bonchev–Trinajstić information content (AvgIpc) is 0.696. The Bertz CT molecular complexity index is 7670. The second-order valence-electron chi connectivity index (χ2n) is 35.3. The maximum atomic E-state index is 15.3. The zero-order valence-electron chi connectivity index (χ0n) is 76.1. The summed E-state index contributed by atoms with van der Waals surface area (Å²) in [5.74, 6) is -2.92. The van der Waals surface area contributed by atoms with Crippen molar-refractivity contribution in [2.75, 3.05) is 64.6 Å². The van der Waals surface area contributed by atoms with Crippen LogP contribution < -0.4 is 18.9 Å². The molecule has 21 nitrogen and oxygen atoms in total. The molecule has 17 aromatic carbocycles. The predicted molar refractivity (Wildman–Crippen MR) is 529 cm³/mol. The fourth-order valence-corrected chi connectivity index (χ4v) is 20.5. The number of amides is 6. The molecule has 0 unspecified atom stereocenters. The van der Waals surface area contributed by atoms with Crippen LogP contribution in [0.1, 0.15) is 240 Å². The van der Waals surface area contributed by atoms with Crippen LogP contribution >= 0.6 is 15.9 Å². The first kappa shape index (κ1) is 88.5. The van der Waals surface area contributed by atoms with Gasteiger partial charge in [0.05, 0.1) is 67.5 Å². The van der Waals surface area contributed by atoms with Crippen molar-refractivity contribution in [3.05, 3.63) is 249 Å². The van der Waals surface area contributed by atoms with E-state index in [0.717, 1.165) is 134 Å². The lowest BCUT2D eigenvalue weighted by Gasteiger charge is -2.29. The van der Waals surface area contributed by atoms with Gasteiger partial charge in [-0.1, -0.05) is 181 Å². The largest absolute Gasteiger partial charge is 0.493 e. The zero-order valence-corrected chi connectivity index (χ0v) is 77.7. The minimum absolute atomic E-state index is 0.000638. The maximum absolute atomic E-state index is 15.3. The molecule has 0 atom stereocenters. The van der Waals surface area contributed by atoms with Gasteiger partial charge >= 0.3 is 23.9 Å². The second kappa shape index (κ2) is 36.9. The molecule has 3 aliphatic rings. The zero-order chi connectivity index (χ0) is 93.3. The normalized spacial score (nSPS) is 13.3. The molecule has 20 rings (SSSR count). The van der Waals surface area contributed by atoms with Gasteiger partial charge in [-0.25, -0.2) is 19.2 Å². The lowest BCUT2D eigenvalue weighted by molar-refractivity contribution is 0.0488. The summed E-state index contributed by atoms with van der Waals surface area (Å²) in [4.78, 5) is 152. The minimum atomic E-state index is -0.736. The van der Waals surface area contributed by atoms with Crippen molar-refractivity contribution in [1.29, 1.82) is 0 Å². The highest BCUT2D eigenvalue weighted by Crippen LogP contribution is 2.55. The molecule has 0 aromatic heterocycles. The fourth-order valence-electron chi connectivity index (χ4n) is 20.2. The molecule has 0 bridgehead atoms. The summed E-state index contributed by atoms with van der Waals surface area (Å²) in [6.07, 6.45) is 10.2. The molecule has 0 N–H and O–H groups in total. The van der Waals surface area contributed by atoms with Crippen LogP contribution in [0.2, 0.25) is 0 Å². The van der Waals surface area contributed by atoms with Crippen molar-refractivity contribution < 1.29 is 85.8 Å². The van der Waals surface area contributed by atoms with Gasteiger partial charge in [-0.3, -0.25) is 43.5 Å². The van der Waals surface area contributed by atoms with Gasteiger partial charge in [0.1, 0.15) is 34.5 Å². The van der Waals surface area contributed by atoms with Gasteiger partial charge in [-0.05, 0) is 231 Å². The number of ether oxygens (including phenoxy) is 8. The monoisotopic (exact) mass is 1860 g/mol. The SMILES string of the molecule is CCCCOC(=O)c1ccc2c3ccc4c5c(ccc(c6ccc(OCCCC)c1c62)c53)C(=O)N(CCc1ccc(Oc2cc(C(=O)OCCCC)c3c(C(=O)OCCCC)ccc5c6c(Oc7ccc(CCN8C(=O)c9ccc%10c%11ccc(OCCCC)c%12c(C(=O)OCCCC)ccc(c%13ccc(c9c%10%13)C8=O)c%12%11)cc7)cc7c8c(ccc(c2c35)c86)C(=O)N(CCCBr)C7=O)cc1)C4=O. The predicted octanol–water partition coefficient (Wildman–Crippen LogP) is 25.7. The van der Waals surface area contributed by atoms with Crippen LogP contribution in [0.25, 0.3) is 129 Å². The van der Waals surface area contributed by atoms with E-state index in [2.05, 4.69) is 29.8 Å². The van der Waals surface area contributed by atoms with Crippen molar-refractivity contribution in [2.45, 2.75) is 138 Å². The summed E-state index contributed by atoms with van der Waals surface area (Å²) < 4.78 is 50.8. The lowest BCUT2D eigenvalue weighted by Crippen LogP contribution is -2.41. The number of nitrogens with zero attached hydrogens (tertiary/aromatic N) is 3. The van der Waals surface area contributed by atoms with Gasteiger partial charge in [-0.2, -0.15) is 0 Å². The van der Waals surface area contributed by atoms with Gasteiger partial charge in [0.2, 0.25) is 0 Å². The summed E-state index contributed by atoms with van der Waals surface area (Å²) in [7, 11) is 0.